The first-order valence-electron chi connectivity index (χ1n) is 10.9. The number of aryl methyl sites for hydroxylation is 3. The van der Waals surface area contributed by atoms with Crippen molar-refractivity contribution in [1.82, 2.24) is 0 Å². The second kappa shape index (κ2) is 9.93. The van der Waals surface area contributed by atoms with E-state index < -0.39 is 23.0 Å². The van der Waals surface area contributed by atoms with Crippen molar-refractivity contribution < 1.29 is 17.6 Å². The quantitative estimate of drug-likeness (QED) is 0.204. The average molecular weight is 459 g/mol. The molecule has 0 amide bonds. The molecule has 0 atom stereocenters. The smallest absolute Gasteiger partial charge is 0.144 e. The fraction of sp³-hybridized carbons (Fsp3) is 0.138. The van der Waals surface area contributed by atoms with Crippen molar-refractivity contribution in [1.29, 1.82) is 5.26 Å². The Balaban J connectivity index is 1.58. The van der Waals surface area contributed by atoms with E-state index in [4.69, 9.17) is 5.26 Å². The second-order valence-electron chi connectivity index (χ2n) is 8.16. The summed E-state index contributed by atoms with van der Waals surface area (Å²) in [5.74, 6) is -2.60. The lowest BCUT2D eigenvalue weighted by Gasteiger charge is -2.10. The van der Waals surface area contributed by atoms with Crippen molar-refractivity contribution in [3.8, 4) is 17.2 Å². The van der Waals surface area contributed by atoms with Gasteiger partial charge in [-0.05, 0) is 77.6 Å². The van der Waals surface area contributed by atoms with Gasteiger partial charge in [-0.2, -0.15) is 5.26 Å². The van der Waals surface area contributed by atoms with Crippen LogP contribution in [0.1, 0.15) is 28.7 Å². The Bertz CT molecular complexity index is 1410. The SMILES string of the molecule is C=CCCc1ccc(-c2ccc3c(F)c(CCc4cc(F)c(C#N)c(F)c4)ccc3c2)c(F)c1. The van der Waals surface area contributed by atoms with Crippen LogP contribution in [0.15, 0.2) is 73.3 Å². The van der Waals surface area contributed by atoms with Crippen molar-refractivity contribution >= 4 is 10.8 Å². The zero-order valence-electron chi connectivity index (χ0n) is 18.3. The van der Waals surface area contributed by atoms with E-state index in [2.05, 4.69) is 6.58 Å². The summed E-state index contributed by atoms with van der Waals surface area (Å²) in [6, 6.07) is 17.3. The maximum Gasteiger partial charge on any atom is 0.144 e. The van der Waals surface area contributed by atoms with E-state index >= 15 is 4.39 Å². The molecule has 0 fully saturated rings. The molecule has 0 aromatic heterocycles. The van der Waals surface area contributed by atoms with Crippen LogP contribution in [0.25, 0.3) is 21.9 Å². The number of hydrogen-bond donors (Lipinski definition) is 0. The first-order chi connectivity index (χ1) is 16.4. The number of allylic oxidation sites excluding steroid dienone is 1. The largest absolute Gasteiger partial charge is 0.206 e. The van der Waals surface area contributed by atoms with Crippen LogP contribution in [0, 0.1) is 34.6 Å². The van der Waals surface area contributed by atoms with Crippen molar-refractivity contribution in [3.63, 3.8) is 0 Å². The van der Waals surface area contributed by atoms with Crippen LogP contribution in [0.5, 0.6) is 0 Å². The molecule has 170 valence electrons. The normalized spacial score (nSPS) is 10.9. The highest BCUT2D eigenvalue weighted by molar-refractivity contribution is 5.88. The average Bonchev–Trinajstić information content (AvgIpc) is 2.82. The number of hydrogen-bond acceptors (Lipinski definition) is 1. The minimum atomic E-state index is -0.926. The lowest BCUT2D eigenvalue weighted by Crippen LogP contribution is -1.99. The number of nitriles is 1. The van der Waals surface area contributed by atoms with Gasteiger partial charge < -0.3 is 0 Å². The van der Waals surface area contributed by atoms with Crippen molar-refractivity contribution in [2.75, 3.05) is 0 Å². The maximum atomic E-state index is 15.2. The Labute approximate surface area is 195 Å². The highest BCUT2D eigenvalue weighted by Gasteiger charge is 2.14. The lowest BCUT2D eigenvalue weighted by atomic mass is 9.96. The summed E-state index contributed by atoms with van der Waals surface area (Å²) in [5, 5.41) is 9.80. The number of benzene rings is 4. The van der Waals surface area contributed by atoms with Crippen LogP contribution in [-0.2, 0) is 19.3 Å². The van der Waals surface area contributed by atoms with Crippen LogP contribution in [0.2, 0.25) is 0 Å². The highest BCUT2D eigenvalue weighted by Crippen LogP contribution is 2.30. The van der Waals surface area contributed by atoms with Crippen molar-refractivity contribution in [2.24, 2.45) is 0 Å². The van der Waals surface area contributed by atoms with Crippen LogP contribution >= 0.6 is 0 Å². The Morgan fingerprint density at radius 1 is 0.765 bits per heavy atom. The van der Waals surface area contributed by atoms with Gasteiger partial charge in [0.15, 0.2) is 0 Å². The van der Waals surface area contributed by atoms with Gasteiger partial charge in [-0.3, -0.25) is 0 Å². The molecule has 4 aromatic carbocycles. The number of nitrogens with zero attached hydrogens (tertiary/aromatic N) is 1. The molecule has 5 heteroatoms. The monoisotopic (exact) mass is 459 g/mol. The Kier molecular flexibility index (Phi) is 6.79. The molecular weight excluding hydrogens is 438 g/mol. The van der Waals surface area contributed by atoms with Gasteiger partial charge in [0.05, 0.1) is 0 Å². The molecule has 0 spiro atoms. The highest BCUT2D eigenvalue weighted by atomic mass is 19.1. The van der Waals surface area contributed by atoms with E-state index in [9.17, 15) is 13.2 Å². The molecule has 34 heavy (non-hydrogen) atoms. The molecule has 1 nitrogen and oxygen atoms in total. The van der Waals surface area contributed by atoms with E-state index in [1.807, 2.05) is 6.07 Å². The molecule has 0 saturated carbocycles. The third-order valence-corrected chi connectivity index (χ3v) is 5.91. The third-order valence-electron chi connectivity index (χ3n) is 5.91. The van der Waals surface area contributed by atoms with Gasteiger partial charge in [-0.1, -0.05) is 42.5 Å². The van der Waals surface area contributed by atoms with Crippen molar-refractivity contribution in [2.45, 2.75) is 25.7 Å². The standard InChI is InChI=1S/C29H21F4N/c1-2-3-4-18-6-11-23(26(30)13-18)21-10-12-24-22(16-21)9-8-20(29(24)33)7-5-19-14-27(31)25(17-34)28(32)15-19/h2,6,8-16H,1,3-5,7H2. The van der Waals surface area contributed by atoms with Crippen LogP contribution in [-0.4, -0.2) is 0 Å². The van der Waals surface area contributed by atoms with Crippen LogP contribution < -0.4 is 0 Å². The third kappa shape index (κ3) is 4.72. The van der Waals surface area contributed by atoms with Gasteiger partial charge in [0.25, 0.3) is 0 Å². The predicted molar refractivity (Wildman–Crippen MR) is 126 cm³/mol. The molecule has 0 N–H and O–H groups in total. The molecule has 4 aromatic rings. The number of fused-ring (bicyclic) bond motifs is 1. The Morgan fingerprint density at radius 3 is 2.18 bits per heavy atom. The van der Waals surface area contributed by atoms with E-state index in [0.29, 0.717) is 39.4 Å². The maximum absolute atomic E-state index is 15.2. The predicted octanol–water partition coefficient (Wildman–Crippen LogP) is 7.84. The fourth-order valence-corrected chi connectivity index (χ4v) is 4.07. The molecule has 4 rings (SSSR count). The number of rotatable bonds is 7. The molecule has 0 aliphatic heterocycles. The van der Waals surface area contributed by atoms with Gasteiger partial charge in [-0.25, -0.2) is 17.6 Å². The zero-order valence-corrected chi connectivity index (χ0v) is 18.3. The summed E-state index contributed by atoms with van der Waals surface area (Å²) in [7, 11) is 0. The summed E-state index contributed by atoms with van der Waals surface area (Å²) in [5.41, 5.74) is 2.10. The van der Waals surface area contributed by atoms with Gasteiger partial charge in [-0.15, -0.1) is 6.58 Å². The Hall–Kier alpha value is -3.91. The first kappa shape index (κ1) is 23.3. The summed E-state index contributed by atoms with van der Waals surface area (Å²) >= 11 is 0. The van der Waals surface area contributed by atoms with Gasteiger partial charge >= 0.3 is 0 Å². The molecule has 0 bridgehead atoms. The zero-order chi connectivity index (χ0) is 24.2. The molecule has 0 aliphatic rings. The summed E-state index contributed by atoms with van der Waals surface area (Å²) in [6.45, 7) is 3.68. The van der Waals surface area contributed by atoms with Crippen LogP contribution in [0.4, 0.5) is 17.6 Å². The molecule has 0 aliphatic carbocycles. The summed E-state index contributed by atoms with van der Waals surface area (Å²) in [6.07, 6.45) is 3.72. The van der Waals surface area contributed by atoms with Gasteiger partial charge in [0.2, 0.25) is 0 Å². The summed E-state index contributed by atoms with van der Waals surface area (Å²) < 4.78 is 57.5. The molecule has 0 saturated heterocycles. The van der Waals surface area contributed by atoms with Gasteiger partial charge in [0, 0.05) is 10.9 Å². The molecule has 0 heterocycles. The Morgan fingerprint density at radius 2 is 1.50 bits per heavy atom. The molecule has 0 unspecified atom stereocenters. The number of halogens is 4. The van der Waals surface area contributed by atoms with E-state index in [1.54, 1.807) is 42.5 Å². The lowest BCUT2D eigenvalue weighted by molar-refractivity contribution is 0.572. The van der Waals surface area contributed by atoms with E-state index in [-0.39, 0.29) is 18.7 Å². The summed E-state index contributed by atoms with van der Waals surface area (Å²) in [4.78, 5) is 0. The fourth-order valence-electron chi connectivity index (χ4n) is 4.07. The first-order valence-corrected chi connectivity index (χ1v) is 10.9. The van der Waals surface area contributed by atoms with E-state index in [1.165, 1.54) is 12.1 Å². The second-order valence-corrected chi connectivity index (χ2v) is 8.16. The van der Waals surface area contributed by atoms with Gasteiger partial charge in [0.1, 0.15) is 34.9 Å². The van der Waals surface area contributed by atoms with Crippen molar-refractivity contribution in [3.05, 3.63) is 119 Å². The van der Waals surface area contributed by atoms with Crippen LogP contribution in [0.3, 0.4) is 0 Å². The minimum Gasteiger partial charge on any atom is -0.206 e. The topological polar surface area (TPSA) is 23.8 Å². The minimum absolute atomic E-state index is 0.212. The molecule has 0 radical (unpaired) electrons. The van der Waals surface area contributed by atoms with E-state index in [0.717, 1.165) is 24.1 Å². The molecular formula is C29H21F4N.